The Morgan fingerprint density at radius 1 is 1.17 bits per heavy atom. The molecular formula is C21H25F2N4O7P. The summed E-state index contributed by atoms with van der Waals surface area (Å²) in [6.07, 6.45) is 0.862. The smallest absolute Gasteiger partial charge is 0.387 e. The molecule has 190 valence electrons. The largest absolute Gasteiger partial charge is 0.496 e. The van der Waals surface area contributed by atoms with E-state index >= 15 is 0 Å². The van der Waals surface area contributed by atoms with Crippen molar-refractivity contribution < 1.29 is 42.1 Å². The van der Waals surface area contributed by atoms with Crippen LogP contribution < -0.4 is 19.9 Å². The fraction of sp³-hybridized carbons (Fsp3) is 0.381. The topological polar surface area (TPSA) is 151 Å². The zero-order valence-electron chi connectivity index (χ0n) is 19.5. The number of ether oxygens (including phenoxy) is 3. The molecule has 4 N–H and O–H groups in total. The first-order valence-corrected chi connectivity index (χ1v) is 11.4. The number of aromatic nitrogens is 3. The quantitative estimate of drug-likeness (QED) is 0.347. The molecule has 0 fully saturated rings. The molecule has 3 aromatic rings. The number of fused-ring (bicyclic) bond motifs is 1. The van der Waals surface area contributed by atoms with Crippen LogP contribution >= 0.6 is 8.60 Å². The number of nitrogens with zero attached hydrogens (tertiary/aromatic N) is 3. The molecule has 0 aliphatic rings. The second-order valence-corrected chi connectivity index (χ2v) is 8.70. The van der Waals surface area contributed by atoms with Gasteiger partial charge in [0, 0.05) is 11.6 Å². The third-order valence-electron chi connectivity index (χ3n) is 5.27. The van der Waals surface area contributed by atoms with Crippen LogP contribution in [0, 0.1) is 6.92 Å². The summed E-state index contributed by atoms with van der Waals surface area (Å²) in [6, 6.07) is 4.28. The van der Waals surface area contributed by atoms with Gasteiger partial charge in [0.25, 0.3) is 5.91 Å². The molecule has 35 heavy (non-hydrogen) atoms. The van der Waals surface area contributed by atoms with E-state index in [1.54, 1.807) is 33.8 Å². The Kier molecular flexibility index (Phi) is 7.75. The summed E-state index contributed by atoms with van der Waals surface area (Å²) < 4.78 is 48.2. The Morgan fingerprint density at radius 3 is 2.40 bits per heavy atom. The number of hydrogen-bond donors (Lipinski definition) is 3. The number of methoxy groups -OCH3 is 1. The average molecular weight is 514 g/mol. The lowest BCUT2D eigenvalue weighted by Crippen LogP contribution is -2.39. The molecule has 1 atom stereocenters. The summed E-state index contributed by atoms with van der Waals surface area (Å²) in [5.41, 5.74) is 5.55. The summed E-state index contributed by atoms with van der Waals surface area (Å²) in [7, 11) is -1.32. The monoisotopic (exact) mass is 514 g/mol. The molecule has 0 radical (unpaired) electrons. The number of hydrogen-bond acceptors (Lipinski definition) is 9. The first kappa shape index (κ1) is 26.5. The molecule has 1 unspecified atom stereocenters. The first-order chi connectivity index (χ1) is 16.3. The second kappa shape index (κ2) is 10.2. The highest BCUT2D eigenvalue weighted by atomic mass is 31.2. The van der Waals surface area contributed by atoms with Gasteiger partial charge in [-0.05, 0) is 39.8 Å². The Bertz CT molecular complexity index is 1240. The molecule has 1 aromatic carbocycles. The molecule has 1 amide bonds. The van der Waals surface area contributed by atoms with Crippen LogP contribution in [-0.2, 0) is 4.52 Å². The summed E-state index contributed by atoms with van der Waals surface area (Å²) in [4.78, 5) is 34.5. The zero-order valence-corrected chi connectivity index (χ0v) is 20.4. The third kappa shape index (κ3) is 5.76. The summed E-state index contributed by atoms with van der Waals surface area (Å²) in [5, 5.41) is 4.48. The Balaban J connectivity index is 2.05. The number of benzene rings is 1. The van der Waals surface area contributed by atoms with Crippen molar-refractivity contribution in [1.29, 1.82) is 0 Å². The van der Waals surface area contributed by atoms with Crippen LogP contribution in [-0.4, -0.2) is 55.7 Å². The van der Waals surface area contributed by atoms with E-state index in [2.05, 4.69) is 14.8 Å². The van der Waals surface area contributed by atoms with Crippen LogP contribution in [0.25, 0.3) is 16.9 Å². The number of amides is 1. The maximum atomic E-state index is 13.0. The minimum Gasteiger partial charge on any atom is -0.496 e. The van der Waals surface area contributed by atoms with Gasteiger partial charge in [-0.2, -0.15) is 13.9 Å². The van der Waals surface area contributed by atoms with Crippen molar-refractivity contribution in [2.75, 3.05) is 7.11 Å². The molecule has 11 nitrogen and oxygen atoms in total. The van der Waals surface area contributed by atoms with Crippen LogP contribution in [0.2, 0.25) is 0 Å². The lowest BCUT2D eigenvalue weighted by Gasteiger charge is -2.32. The van der Waals surface area contributed by atoms with Crippen LogP contribution in [0.5, 0.6) is 17.2 Å². The van der Waals surface area contributed by atoms with Gasteiger partial charge < -0.3 is 34.3 Å². The van der Waals surface area contributed by atoms with Gasteiger partial charge in [0.15, 0.2) is 5.65 Å². The van der Waals surface area contributed by atoms with E-state index in [4.69, 9.17) is 19.7 Å². The highest BCUT2D eigenvalue weighted by Gasteiger charge is 2.32. The van der Waals surface area contributed by atoms with Crippen LogP contribution in [0.1, 0.15) is 36.8 Å². The number of carbonyl (C=O) groups is 1. The molecule has 2 aromatic heterocycles. The third-order valence-corrected chi connectivity index (χ3v) is 5.91. The predicted molar refractivity (Wildman–Crippen MR) is 121 cm³/mol. The van der Waals surface area contributed by atoms with Gasteiger partial charge in [-0.25, -0.2) is 9.50 Å². The highest BCUT2D eigenvalue weighted by molar-refractivity contribution is 7.39. The molecule has 0 aliphatic carbocycles. The molecule has 0 spiro atoms. The number of primary amides is 1. The van der Waals surface area contributed by atoms with E-state index in [-0.39, 0.29) is 11.3 Å². The molecule has 0 bridgehead atoms. The van der Waals surface area contributed by atoms with Gasteiger partial charge in [-0.15, -0.1) is 0 Å². The summed E-state index contributed by atoms with van der Waals surface area (Å²) >= 11 is 0. The molecule has 0 saturated carbocycles. The molecular weight excluding hydrogens is 489 g/mol. The van der Waals surface area contributed by atoms with Gasteiger partial charge in [-0.1, -0.05) is 0 Å². The van der Waals surface area contributed by atoms with Crippen molar-refractivity contribution in [2.45, 2.75) is 46.0 Å². The Morgan fingerprint density at radius 2 is 1.83 bits per heavy atom. The summed E-state index contributed by atoms with van der Waals surface area (Å²) in [6.45, 7) is 3.49. The fourth-order valence-corrected chi connectivity index (χ4v) is 3.82. The van der Waals surface area contributed by atoms with Gasteiger partial charge in [0.05, 0.1) is 19.0 Å². The minimum absolute atomic E-state index is 0.0546. The Hall–Kier alpha value is -3.12. The highest BCUT2D eigenvalue weighted by Crippen LogP contribution is 2.37. The minimum atomic E-state index is -3.20. The molecule has 14 heteroatoms. The van der Waals surface area contributed by atoms with Crippen molar-refractivity contribution in [3.8, 4) is 28.5 Å². The van der Waals surface area contributed by atoms with Crippen LogP contribution in [0.3, 0.4) is 0 Å². The fourth-order valence-electron chi connectivity index (χ4n) is 3.25. The van der Waals surface area contributed by atoms with E-state index in [0.717, 1.165) is 0 Å². The standard InChI is InChI=1S/C21H25F2N4O7P/c1-10-14(32-11(2)21(3,4)34-35(29)30)8-17-25-9-13(27(17)26-10)12-6-15(31-5)18(19(24)28)16(7-12)33-20(22)23/h6-9,11,20,29-30H,1-5H3,(H2,24,28). The number of rotatable bonds is 10. The zero-order chi connectivity index (χ0) is 26.1. The SMILES string of the molecule is COc1cc(-c2cnc3cc(OC(C)C(C)(C)OP(O)O)c(C)nn23)cc(OC(F)F)c1C(N)=O. The van der Waals surface area contributed by atoms with E-state index < -0.39 is 38.6 Å². The van der Waals surface area contributed by atoms with Gasteiger partial charge in [-0.3, -0.25) is 4.79 Å². The van der Waals surface area contributed by atoms with E-state index in [9.17, 15) is 23.4 Å². The van der Waals surface area contributed by atoms with Crippen molar-refractivity contribution in [3.05, 3.63) is 35.7 Å². The van der Waals surface area contributed by atoms with Crippen molar-refractivity contribution >= 4 is 20.2 Å². The van der Waals surface area contributed by atoms with E-state index in [1.165, 1.54) is 30.0 Å². The molecule has 2 heterocycles. The second-order valence-electron chi connectivity index (χ2n) is 8.01. The lowest BCUT2D eigenvalue weighted by atomic mass is 10.0. The predicted octanol–water partition coefficient (Wildman–Crippen LogP) is 3.19. The number of halogens is 2. The van der Waals surface area contributed by atoms with Crippen molar-refractivity contribution in [2.24, 2.45) is 5.73 Å². The molecule has 0 saturated heterocycles. The Labute approximate surface area is 200 Å². The average Bonchev–Trinajstić information content (AvgIpc) is 3.14. The summed E-state index contributed by atoms with van der Waals surface area (Å²) in [5.74, 6) is -1.12. The lowest BCUT2D eigenvalue weighted by molar-refractivity contribution is -0.0502. The number of alkyl halides is 2. The van der Waals surface area contributed by atoms with E-state index in [1.807, 2.05) is 0 Å². The maximum Gasteiger partial charge on any atom is 0.387 e. The molecule has 0 aliphatic heterocycles. The van der Waals surface area contributed by atoms with Gasteiger partial charge >= 0.3 is 15.2 Å². The number of carbonyl (C=O) groups excluding carboxylic acids is 1. The number of aryl methyl sites for hydroxylation is 1. The number of nitrogens with two attached hydrogens (primary N) is 1. The van der Waals surface area contributed by atoms with Crippen molar-refractivity contribution in [1.82, 2.24) is 14.6 Å². The number of imidazole rings is 1. The molecule has 3 rings (SSSR count). The van der Waals surface area contributed by atoms with Crippen LogP contribution in [0.4, 0.5) is 8.78 Å². The van der Waals surface area contributed by atoms with E-state index in [0.29, 0.717) is 28.3 Å². The van der Waals surface area contributed by atoms with Crippen LogP contribution in [0.15, 0.2) is 24.4 Å². The van der Waals surface area contributed by atoms with Gasteiger partial charge in [0.1, 0.15) is 40.2 Å². The normalized spacial score (nSPS) is 12.9. The van der Waals surface area contributed by atoms with Gasteiger partial charge in [0.2, 0.25) is 0 Å². The van der Waals surface area contributed by atoms with Crippen molar-refractivity contribution in [3.63, 3.8) is 0 Å². The maximum absolute atomic E-state index is 13.0. The first-order valence-electron chi connectivity index (χ1n) is 10.2.